The largest absolute Gasteiger partial charge is 0.391 e. The summed E-state index contributed by atoms with van der Waals surface area (Å²) in [6.07, 6.45) is 2.66. The molecule has 0 bridgehead atoms. The van der Waals surface area contributed by atoms with Crippen molar-refractivity contribution in [2.45, 2.75) is 49.1 Å². The van der Waals surface area contributed by atoms with Crippen molar-refractivity contribution < 1.29 is 18.3 Å². The normalized spacial score (nSPS) is 25.5. The fourth-order valence-electron chi connectivity index (χ4n) is 2.89. The van der Waals surface area contributed by atoms with Gasteiger partial charge in [0.2, 0.25) is 15.9 Å². The number of hydrogen-bond donors (Lipinski definition) is 3. The Morgan fingerprint density at radius 3 is 2.76 bits per heavy atom. The number of rotatable bonds is 3. The molecule has 7 heteroatoms. The average molecular weight is 310 g/mol. The van der Waals surface area contributed by atoms with E-state index in [9.17, 15) is 18.3 Å². The first kappa shape index (κ1) is 14.5. The zero-order chi connectivity index (χ0) is 15.0. The van der Waals surface area contributed by atoms with Crippen molar-refractivity contribution in [1.82, 2.24) is 4.72 Å². The zero-order valence-electron chi connectivity index (χ0n) is 11.5. The van der Waals surface area contributed by atoms with Gasteiger partial charge in [0.25, 0.3) is 0 Å². The predicted molar refractivity (Wildman–Crippen MR) is 77.4 cm³/mol. The van der Waals surface area contributed by atoms with Crippen molar-refractivity contribution in [1.29, 1.82) is 0 Å². The molecule has 1 heterocycles. The highest BCUT2D eigenvalue weighted by molar-refractivity contribution is 7.89. The van der Waals surface area contributed by atoms with Gasteiger partial charge in [0.15, 0.2) is 0 Å². The molecule has 3 rings (SSSR count). The number of aliphatic hydroxyl groups excluding tert-OH is 1. The second kappa shape index (κ2) is 5.40. The van der Waals surface area contributed by atoms with Gasteiger partial charge in [-0.25, -0.2) is 13.1 Å². The molecule has 2 aliphatic rings. The number of anilines is 1. The van der Waals surface area contributed by atoms with E-state index in [0.29, 0.717) is 24.1 Å². The molecule has 3 N–H and O–H groups in total. The number of amides is 1. The third-order valence-electron chi connectivity index (χ3n) is 4.05. The Morgan fingerprint density at radius 2 is 2.00 bits per heavy atom. The summed E-state index contributed by atoms with van der Waals surface area (Å²) < 4.78 is 27.4. The van der Waals surface area contributed by atoms with Gasteiger partial charge < -0.3 is 10.4 Å². The van der Waals surface area contributed by atoms with Gasteiger partial charge in [0.05, 0.1) is 17.4 Å². The van der Waals surface area contributed by atoms with Crippen LogP contribution in [0.15, 0.2) is 23.1 Å². The number of benzene rings is 1. The smallest absolute Gasteiger partial charge is 0.240 e. The molecule has 1 fully saturated rings. The Kier molecular flexibility index (Phi) is 3.73. The molecule has 0 aromatic heterocycles. The fourth-order valence-corrected chi connectivity index (χ4v) is 4.24. The predicted octanol–water partition coefficient (Wildman–Crippen LogP) is 0.763. The average Bonchev–Trinajstić information content (AvgIpc) is 2.80. The second-order valence-corrected chi connectivity index (χ2v) is 7.34. The SMILES string of the molecule is O=C1Cc2cc(S(=O)(=O)N[C@H]3CCCC[C@@H]3O)ccc2N1. The summed E-state index contributed by atoms with van der Waals surface area (Å²) in [5.41, 5.74) is 1.35. The van der Waals surface area contributed by atoms with Crippen molar-refractivity contribution in [2.75, 3.05) is 5.32 Å². The number of sulfonamides is 1. The minimum Gasteiger partial charge on any atom is -0.391 e. The summed E-state index contributed by atoms with van der Waals surface area (Å²) in [7, 11) is -3.68. The lowest BCUT2D eigenvalue weighted by Crippen LogP contribution is -2.44. The molecular weight excluding hydrogens is 292 g/mol. The summed E-state index contributed by atoms with van der Waals surface area (Å²) in [6, 6.07) is 4.16. The monoisotopic (exact) mass is 310 g/mol. The van der Waals surface area contributed by atoms with E-state index in [-0.39, 0.29) is 17.2 Å². The first-order chi connectivity index (χ1) is 9.95. The Hall–Kier alpha value is -1.44. The van der Waals surface area contributed by atoms with Crippen LogP contribution in [-0.2, 0) is 21.2 Å². The maximum atomic E-state index is 12.4. The molecule has 1 amide bonds. The molecule has 1 saturated carbocycles. The summed E-state index contributed by atoms with van der Waals surface area (Å²) in [5.74, 6) is -0.129. The molecule has 0 saturated heterocycles. The van der Waals surface area contributed by atoms with E-state index < -0.39 is 22.2 Å². The van der Waals surface area contributed by atoms with E-state index in [1.54, 1.807) is 6.07 Å². The Labute approximate surface area is 123 Å². The second-order valence-electron chi connectivity index (χ2n) is 5.62. The maximum Gasteiger partial charge on any atom is 0.240 e. The summed E-state index contributed by atoms with van der Waals surface area (Å²) in [5, 5.41) is 12.6. The highest BCUT2D eigenvalue weighted by atomic mass is 32.2. The van der Waals surface area contributed by atoms with E-state index in [0.717, 1.165) is 12.8 Å². The molecule has 1 aliphatic heterocycles. The topological polar surface area (TPSA) is 95.5 Å². The van der Waals surface area contributed by atoms with Crippen molar-refractivity contribution in [3.8, 4) is 0 Å². The quantitative estimate of drug-likeness (QED) is 0.768. The van der Waals surface area contributed by atoms with Crippen LogP contribution in [0.1, 0.15) is 31.2 Å². The molecule has 2 atom stereocenters. The molecule has 21 heavy (non-hydrogen) atoms. The fraction of sp³-hybridized carbons (Fsp3) is 0.500. The number of fused-ring (bicyclic) bond motifs is 1. The van der Waals surface area contributed by atoms with Crippen LogP contribution in [0.3, 0.4) is 0 Å². The first-order valence-electron chi connectivity index (χ1n) is 7.09. The van der Waals surface area contributed by atoms with Crippen molar-refractivity contribution in [3.05, 3.63) is 23.8 Å². The highest BCUT2D eigenvalue weighted by Gasteiger charge is 2.29. The van der Waals surface area contributed by atoms with Gasteiger partial charge in [-0.05, 0) is 36.6 Å². The van der Waals surface area contributed by atoms with E-state index in [4.69, 9.17) is 0 Å². The van der Waals surface area contributed by atoms with E-state index in [1.165, 1.54) is 12.1 Å². The van der Waals surface area contributed by atoms with Crippen molar-refractivity contribution in [3.63, 3.8) is 0 Å². The van der Waals surface area contributed by atoms with Crippen LogP contribution in [0.5, 0.6) is 0 Å². The van der Waals surface area contributed by atoms with Gasteiger partial charge in [-0.3, -0.25) is 4.79 Å². The number of hydrogen-bond acceptors (Lipinski definition) is 4. The van der Waals surface area contributed by atoms with Crippen LogP contribution in [0.4, 0.5) is 5.69 Å². The third kappa shape index (κ3) is 2.95. The van der Waals surface area contributed by atoms with Crippen LogP contribution in [0.2, 0.25) is 0 Å². The lowest BCUT2D eigenvalue weighted by Gasteiger charge is -2.28. The van der Waals surface area contributed by atoms with E-state index >= 15 is 0 Å². The number of carbonyl (C=O) groups is 1. The van der Waals surface area contributed by atoms with Crippen molar-refractivity contribution >= 4 is 21.6 Å². The molecular formula is C14H18N2O4S. The van der Waals surface area contributed by atoms with Crippen LogP contribution < -0.4 is 10.0 Å². The minimum absolute atomic E-state index is 0.129. The van der Waals surface area contributed by atoms with Crippen molar-refractivity contribution in [2.24, 2.45) is 0 Å². The summed E-state index contributed by atoms with van der Waals surface area (Å²) in [4.78, 5) is 11.4. The van der Waals surface area contributed by atoms with Gasteiger partial charge in [-0.1, -0.05) is 12.8 Å². The lowest BCUT2D eigenvalue weighted by atomic mass is 9.93. The summed E-state index contributed by atoms with van der Waals surface area (Å²) >= 11 is 0. The maximum absolute atomic E-state index is 12.4. The lowest BCUT2D eigenvalue weighted by molar-refractivity contribution is -0.115. The standard InChI is InChI=1S/C14H18N2O4S/c17-13-4-2-1-3-12(13)16-21(19,20)10-5-6-11-9(7-10)8-14(18)15-11/h5-7,12-13,16-17H,1-4,8H2,(H,15,18)/t12-,13-/m0/s1. The van der Waals surface area contributed by atoms with Gasteiger partial charge in [-0.15, -0.1) is 0 Å². The minimum atomic E-state index is -3.68. The van der Waals surface area contributed by atoms with E-state index in [2.05, 4.69) is 10.0 Å². The van der Waals surface area contributed by atoms with Gasteiger partial charge in [0.1, 0.15) is 0 Å². The molecule has 114 valence electrons. The number of aliphatic hydroxyl groups is 1. The van der Waals surface area contributed by atoms with Crippen LogP contribution in [0.25, 0.3) is 0 Å². The van der Waals surface area contributed by atoms with Crippen LogP contribution >= 0.6 is 0 Å². The number of carbonyl (C=O) groups excluding carboxylic acids is 1. The molecule has 0 radical (unpaired) electrons. The molecule has 6 nitrogen and oxygen atoms in total. The Balaban J connectivity index is 1.82. The summed E-state index contributed by atoms with van der Waals surface area (Å²) in [6.45, 7) is 0. The molecule has 0 spiro atoms. The Bertz CT molecular complexity index is 672. The van der Waals surface area contributed by atoms with Gasteiger partial charge in [-0.2, -0.15) is 0 Å². The molecule has 1 aromatic rings. The molecule has 1 aliphatic carbocycles. The molecule has 1 aromatic carbocycles. The van der Waals surface area contributed by atoms with E-state index in [1.807, 2.05) is 0 Å². The number of nitrogens with one attached hydrogen (secondary N) is 2. The van der Waals surface area contributed by atoms with Crippen LogP contribution in [0, 0.1) is 0 Å². The first-order valence-corrected chi connectivity index (χ1v) is 8.57. The highest BCUT2D eigenvalue weighted by Crippen LogP contribution is 2.26. The third-order valence-corrected chi connectivity index (χ3v) is 5.54. The van der Waals surface area contributed by atoms with Crippen LogP contribution in [-0.4, -0.2) is 31.6 Å². The van der Waals surface area contributed by atoms with Gasteiger partial charge in [0, 0.05) is 11.7 Å². The molecule has 0 unspecified atom stereocenters. The van der Waals surface area contributed by atoms with Gasteiger partial charge >= 0.3 is 0 Å². The zero-order valence-corrected chi connectivity index (χ0v) is 12.3. The Morgan fingerprint density at radius 1 is 1.24 bits per heavy atom.